The zero-order chi connectivity index (χ0) is 15.5. The maximum absolute atomic E-state index is 12.5. The van der Waals surface area contributed by atoms with E-state index in [0.717, 1.165) is 25.3 Å². The van der Waals surface area contributed by atoms with Gasteiger partial charge in [0.25, 0.3) is 0 Å². The molecule has 1 fully saturated rings. The lowest BCUT2D eigenvalue weighted by Crippen LogP contribution is -2.33. The fourth-order valence-electron chi connectivity index (χ4n) is 3.06. The summed E-state index contributed by atoms with van der Waals surface area (Å²) in [6, 6.07) is 10.4. The summed E-state index contributed by atoms with van der Waals surface area (Å²) in [7, 11) is 0. The van der Waals surface area contributed by atoms with E-state index in [4.69, 9.17) is 0 Å². The first-order chi connectivity index (χ1) is 10.6. The molecule has 116 valence electrons. The van der Waals surface area contributed by atoms with E-state index in [1.807, 2.05) is 13.0 Å². The van der Waals surface area contributed by atoms with Crippen molar-refractivity contribution in [3.8, 4) is 0 Å². The topological polar surface area (TPSA) is 50.2 Å². The third-order valence-electron chi connectivity index (χ3n) is 4.33. The molecule has 22 heavy (non-hydrogen) atoms. The normalized spacial score (nSPS) is 21.9. The summed E-state index contributed by atoms with van der Waals surface area (Å²) < 4.78 is 1.69. The van der Waals surface area contributed by atoms with E-state index >= 15 is 0 Å². The molecule has 0 saturated carbocycles. The van der Waals surface area contributed by atoms with Crippen LogP contribution in [0.2, 0.25) is 0 Å². The number of nitrogens with one attached hydrogen (secondary N) is 1. The first-order valence-electron chi connectivity index (χ1n) is 7.69. The van der Waals surface area contributed by atoms with E-state index in [1.165, 1.54) is 5.56 Å². The lowest BCUT2D eigenvalue weighted by atomic mass is 9.98. The van der Waals surface area contributed by atoms with Gasteiger partial charge in [0, 0.05) is 25.8 Å². The van der Waals surface area contributed by atoms with Crippen LogP contribution in [0.1, 0.15) is 18.2 Å². The molecular weight excluding hydrogens is 276 g/mol. The first kappa shape index (κ1) is 14.8. The Bertz CT molecular complexity index is 637. The Kier molecular flexibility index (Phi) is 4.24. The summed E-state index contributed by atoms with van der Waals surface area (Å²) >= 11 is 0. The molecule has 5 nitrogen and oxygen atoms in total. The van der Waals surface area contributed by atoms with Crippen LogP contribution >= 0.6 is 0 Å². The predicted molar refractivity (Wildman–Crippen MR) is 85.7 cm³/mol. The molecular formula is C17H22N4O. The number of rotatable bonds is 4. The Hall–Kier alpha value is -2.14. The van der Waals surface area contributed by atoms with Gasteiger partial charge in [-0.15, -0.1) is 0 Å². The summed E-state index contributed by atoms with van der Waals surface area (Å²) in [4.78, 5) is 18.9. The summed E-state index contributed by atoms with van der Waals surface area (Å²) in [5.74, 6) is 0.446. The van der Waals surface area contributed by atoms with E-state index in [2.05, 4.69) is 46.5 Å². The Morgan fingerprint density at radius 1 is 1.32 bits per heavy atom. The van der Waals surface area contributed by atoms with Crippen LogP contribution in [0.25, 0.3) is 0 Å². The van der Waals surface area contributed by atoms with Crippen LogP contribution in [0.3, 0.4) is 0 Å². The average molecular weight is 298 g/mol. The van der Waals surface area contributed by atoms with Crippen molar-refractivity contribution >= 4 is 5.91 Å². The number of benzene rings is 1. The highest BCUT2D eigenvalue weighted by atomic mass is 16.2. The number of amides is 1. The van der Waals surface area contributed by atoms with Crippen molar-refractivity contribution in [3.05, 3.63) is 54.1 Å². The van der Waals surface area contributed by atoms with E-state index in [0.29, 0.717) is 5.92 Å². The number of carbonyl (C=O) groups excluding carboxylic acids is 1. The first-order valence-corrected chi connectivity index (χ1v) is 7.69. The van der Waals surface area contributed by atoms with Crippen LogP contribution < -0.4 is 5.43 Å². The molecule has 2 unspecified atom stereocenters. The molecule has 1 aromatic carbocycles. The fourth-order valence-corrected chi connectivity index (χ4v) is 3.06. The minimum absolute atomic E-state index is 0.0190. The van der Waals surface area contributed by atoms with Gasteiger partial charge in [-0.25, -0.2) is 9.66 Å². The molecule has 0 radical (unpaired) electrons. The second kappa shape index (κ2) is 6.32. The van der Waals surface area contributed by atoms with Crippen molar-refractivity contribution in [1.29, 1.82) is 0 Å². The molecule has 1 saturated heterocycles. The van der Waals surface area contributed by atoms with Gasteiger partial charge in [-0.3, -0.25) is 15.1 Å². The summed E-state index contributed by atoms with van der Waals surface area (Å²) in [5, 5.41) is 0. The van der Waals surface area contributed by atoms with Gasteiger partial charge in [-0.05, 0) is 18.4 Å². The number of likely N-dealkylation sites (tertiary alicyclic amines) is 1. The van der Waals surface area contributed by atoms with Gasteiger partial charge in [-0.2, -0.15) is 0 Å². The SMILES string of the molecule is Cc1cncn1NC(=O)C1CN(Cc2ccccc2)CC1C. The minimum atomic E-state index is 0.0190. The lowest BCUT2D eigenvalue weighted by Gasteiger charge is -2.16. The van der Waals surface area contributed by atoms with Gasteiger partial charge in [0.05, 0.1) is 11.6 Å². The monoisotopic (exact) mass is 298 g/mol. The smallest absolute Gasteiger partial charge is 0.243 e. The van der Waals surface area contributed by atoms with E-state index < -0.39 is 0 Å². The molecule has 5 heteroatoms. The highest BCUT2D eigenvalue weighted by Crippen LogP contribution is 2.25. The van der Waals surface area contributed by atoms with Crippen molar-refractivity contribution in [1.82, 2.24) is 14.6 Å². The molecule has 1 N–H and O–H groups in total. The number of hydrogen-bond donors (Lipinski definition) is 1. The quantitative estimate of drug-likeness (QED) is 0.939. The number of imidazole rings is 1. The van der Waals surface area contributed by atoms with Crippen molar-refractivity contribution in [2.75, 3.05) is 18.5 Å². The van der Waals surface area contributed by atoms with Gasteiger partial charge in [-0.1, -0.05) is 37.3 Å². The van der Waals surface area contributed by atoms with Crippen LogP contribution in [0.4, 0.5) is 0 Å². The number of aryl methyl sites for hydroxylation is 1. The van der Waals surface area contributed by atoms with E-state index in [-0.39, 0.29) is 11.8 Å². The maximum Gasteiger partial charge on any atom is 0.243 e. The predicted octanol–water partition coefficient (Wildman–Crippen LogP) is 2.03. The minimum Gasteiger partial charge on any atom is -0.298 e. The molecule has 1 amide bonds. The maximum atomic E-state index is 12.5. The number of nitrogens with zero attached hydrogens (tertiary/aromatic N) is 3. The van der Waals surface area contributed by atoms with Gasteiger partial charge < -0.3 is 0 Å². The molecule has 0 bridgehead atoms. The molecule has 0 spiro atoms. The number of carbonyl (C=O) groups is 1. The zero-order valence-corrected chi connectivity index (χ0v) is 13.1. The lowest BCUT2D eigenvalue weighted by molar-refractivity contribution is -0.121. The fraction of sp³-hybridized carbons (Fsp3) is 0.412. The number of aromatic nitrogens is 2. The van der Waals surface area contributed by atoms with Crippen molar-refractivity contribution < 1.29 is 4.79 Å². The summed E-state index contributed by atoms with van der Waals surface area (Å²) in [6.07, 6.45) is 3.37. The molecule has 1 aromatic heterocycles. The summed E-state index contributed by atoms with van der Waals surface area (Å²) in [6.45, 7) is 6.73. The highest BCUT2D eigenvalue weighted by molar-refractivity contribution is 5.86. The molecule has 2 atom stereocenters. The van der Waals surface area contributed by atoms with Gasteiger partial charge >= 0.3 is 0 Å². The second-order valence-electron chi connectivity index (χ2n) is 6.14. The zero-order valence-electron chi connectivity index (χ0n) is 13.1. The Morgan fingerprint density at radius 2 is 2.09 bits per heavy atom. The van der Waals surface area contributed by atoms with Crippen molar-refractivity contribution in [2.24, 2.45) is 11.8 Å². The average Bonchev–Trinajstić information content (AvgIpc) is 3.06. The largest absolute Gasteiger partial charge is 0.298 e. The van der Waals surface area contributed by atoms with Crippen molar-refractivity contribution in [2.45, 2.75) is 20.4 Å². The molecule has 3 rings (SSSR count). The van der Waals surface area contributed by atoms with Crippen LogP contribution in [0, 0.1) is 18.8 Å². The standard InChI is InChI=1S/C17H22N4O/c1-13-9-20(10-15-6-4-3-5-7-15)11-16(13)17(22)19-21-12-18-8-14(21)2/h3-8,12-13,16H,9-11H2,1-2H3,(H,19,22). The number of hydrogen-bond acceptors (Lipinski definition) is 3. The molecule has 0 aliphatic carbocycles. The van der Waals surface area contributed by atoms with E-state index in [9.17, 15) is 4.79 Å². The molecule has 2 heterocycles. The highest BCUT2D eigenvalue weighted by Gasteiger charge is 2.34. The van der Waals surface area contributed by atoms with Crippen LogP contribution in [0.5, 0.6) is 0 Å². The van der Waals surface area contributed by atoms with Crippen LogP contribution in [-0.4, -0.2) is 33.6 Å². The molecule has 1 aliphatic heterocycles. The molecule has 1 aliphatic rings. The van der Waals surface area contributed by atoms with Gasteiger partial charge in [0.2, 0.25) is 5.91 Å². The van der Waals surface area contributed by atoms with Crippen LogP contribution in [-0.2, 0) is 11.3 Å². The van der Waals surface area contributed by atoms with Gasteiger partial charge in [0.1, 0.15) is 6.33 Å². The summed E-state index contributed by atoms with van der Waals surface area (Å²) in [5.41, 5.74) is 5.16. The third kappa shape index (κ3) is 3.20. The third-order valence-corrected chi connectivity index (χ3v) is 4.33. The Morgan fingerprint density at radius 3 is 2.77 bits per heavy atom. The van der Waals surface area contributed by atoms with Crippen molar-refractivity contribution in [3.63, 3.8) is 0 Å². The van der Waals surface area contributed by atoms with Gasteiger partial charge in [0.15, 0.2) is 0 Å². The van der Waals surface area contributed by atoms with Crippen LogP contribution in [0.15, 0.2) is 42.9 Å². The second-order valence-corrected chi connectivity index (χ2v) is 6.14. The van der Waals surface area contributed by atoms with E-state index in [1.54, 1.807) is 17.2 Å². The Labute approximate surface area is 130 Å². The Balaban J connectivity index is 1.61. The molecule has 2 aromatic rings.